The number of carbonyl (C=O) groups is 1. The molecule has 0 aliphatic carbocycles. The summed E-state index contributed by atoms with van der Waals surface area (Å²) < 4.78 is 5.19. The van der Waals surface area contributed by atoms with Gasteiger partial charge in [0.25, 0.3) is 0 Å². The maximum atomic E-state index is 12.3. The number of nitrogens with one attached hydrogen (secondary N) is 1. The largest absolute Gasteiger partial charge is 0.462 e. The second-order valence-electron chi connectivity index (χ2n) is 5.39. The second-order valence-corrected chi connectivity index (χ2v) is 6.69. The zero-order valence-corrected chi connectivity index (χ0v) is 15.2. The predicted molar refractivity (Wildman–Crippen MR) is 97.8 cm³/mol. The Kier molecular flexibility index (Phi) is 4.73. The van der Waals surface area contributed by atoms with Crippen molar-refractivity contribution in [2.75, 3.05) is 6.61 Å². The van der Waals surface area contributed by atoms with Crippen LogP contribution in [0.2, 0.25) is 5.02 Å². The van der Waals surface area contributed by atoms with Crippen LogP contribution in [0.4, 0.5) is 0 Å². The average Bonchev–Trinajstić information content (AvgIpc) is 3.11. The number of esters is 1. The van der Waals surface area contributed by atoms with E-state index in [4.69, 9.17) is 21.3 Å². The fourth-order valence-electron chi connectivity index (χ4n) is 2.70. The van der Waals surface area contributed by atoms with Crippen molar-refractivity contribution in [3.8, 4) is 21.8 Å². The van der Waals surface area contributed by atoms with E-state index < -0.39 is 0 Å². The van der Waals surface area contributed by atoms with Gasteiger partial charge in [-0.3, -0.25) is 0 Å². The highest BCUT2D eigenvalue weighted by molar-refractivity contribution is 7.13. The van der Waals surface area contributed by atoms with Crippen LogP contribution < -0.4 is 0 Å². The van der Waals surface area contributed by atoms with Crippen LogP contribution in [0.3, 0.4) is 0 Å². The lowest BCUT2D eigenvalue weighted by atomic mass is 10.1. The summed E-state index contributed by atoms with van der Waals surface area (Å²) in [4.78, 5) is 20.2. The van der Waals surface area contributed by atoms with Crippen LogP contribution in [-0.2, 0) is 4.74 Å². The van der Waals surface area contributed by atoms with Crippen LogP contribution in [0.5, 0.6) is 0 Å². The molecule has 0 unspecified atom stereocenters. The lowest BCUT2D eigenvalue weighted by molar-refractivity contribution is 0.0526. The topological polar surface area (TPSA) is 55.0 Å². The van der Waals surface area contributed by atoms with Crippen molar-refractivity contribution in [1.82, 2.24) is 9.97 Å². The van der Waals surface area contributed by atoms with Gasteiger partial charge in [0.15, 0.2) is 0 Å². The van der Waals surface area contributed by atoms with Crippen LogP contribution in [0, 0.1) is 13.8 Å². The third kappa shape index (κ3) is 3.09. The smallest absolute Gasteiger partial charge is 0.340 e. The summed E-state index contributed by atoms with van der Waals surface area (Å²) in [7, 11) is 0. The number of benzene rings is 1. The standard InChI is InChI=1S/C18H17ClN2O2S/c1-4-23-18(22)16-11(3)20-10(2)15(16)14-9-24-17(21-14)12-6-5-7-13(19)8-12/h5-9,20H,4H2,1-3H3. The van der Waals surface area contributed by atoms with E-state index >= 15 is 0 Å². The number of halogens is 1. The fraction of sp³-hybridized carbons (Fsp3) is 0.222. The Morgan fingerprint density at radius 1 is 1.33 bits per heavy atom. The Balaban J connectivity index is 2.06. The first kappa shape index (κ1) is 16.7. The highest BCUT2D eigenvalue weighted by Crippen LogP contribution is 2.34. The van der Waals surface area contributed by atoms with E-state index in [1.807, 2.05) is 43.5 Å². The first-order chi connectivity index (χ1) is 11.5. The molecule has 3 rings (SSSR count). The van der Waals surface area contributed by atoms with Gasteiger partial charge in [0.05, 0.1) is 17.9 Å². The molecule has 2 aromatic heterocycles. The molecule has 24 heavy (non-hydrogen) atoms. The fourth-order valence-corrected chi connectivity index (χ4v) is 3.70. The number of aromatic nitrogens is 2. The Morgan fingerprint density at radius 2 is 2.12 bits per heavy atom. The van der Waals surface area contributed by atoms with Gasteiger partial charge in [0.1, 0.15) is 5.01 Å². The van der Waals surface area contributed by atoms with Crippen LogP contribution in [0.25, 0.3) is 21.8 Å². The summed E-state index contributed by atoms with van der Waals surface area (Å²) in [5.41, 5.74) is 4.77. The van der Waals surface area contributed by atoms with Crippen molar-refractivity contribution in [3.63, 3.8) is 0 Å². The van der Waals surface area contributed by atoms with Gasteiger partial charge in [-0.15, -0.1) is 11.3 Å². The molecule has 0 bridgehead atoms. The van der Waals surface area contributed by atoms with Crippen molar-refractivity contribution < 1.29 is 9.53 Å². The minimum absolute atomic E-state index is 0.327. The van der Waals surface area contributed by atoms with Crippen LogP contribution in [0.1, 0.15) is 28.7 Å². The van der Waals surface area contributed by atoms with Crippen molar-refractivity contribution in [2.24, 2.45) is 0 Å². The maximum absolute atomic E-state index is 12.3. The molecule has 1 aromatic carbocycles. The van der Waals surface area contributed by atoms with Gasteiger partial charge in [-0.25, -0.2) is 9.78 Å². The molecule has 0 fully saturated rings. The number of hydrogen-bond acceptors (Lipinski definition) is 4. The predicted octanol–water partition coefficient (Wildman–Crippen LogP) is 5.25. The van der Waals surface area contributed by atoms with Crippen LogP contribution in [-0.4, -0.2) is 22.5 Å². The number of H-pyrrole nitrogens is 1. The van der Waals surface area contributed by atoms with Gasteiger partial charge in [-0.1, -0.05) is 23.7 Å². The van der Waals surface area contributed by atoms with Gasteiger partial charge >= 0.3 is 5.97 Å². The van der Waals surface area contributed by atoms with E-state index in [1.54, 1.807) is 6.92 Å². The van der Waals surface area contributed by atoms with Crippen LogP contribution >= 0.6 is 22.9 Å². The summed E-state index contributed by atoms with van der Waals surface area (Å²) >= 11 is 7.58. The summed E-state index contributed by atoms with van der Waals surface area (Å²) in [5, 5.41) is 3.49. The number of thiazole rings is 1. The van der Waals surface area contributed by atoms with E-state index in [1.165, 1.54) is 11.3 Å². The molecular weight excluding hydrogens is 344 g/mol. The summed E-state index contributed by atoms with van der Waals surface area (Å²) in [6.07, 6.45) is 0. The molecule has 0 saturated carbocycles. The molecule has 2 heterocycles. The zero-order chi connectivity index (χ0) is 17.3. The minimum atomic E-state index is -0.327. The molecule has 0 amide bonds. The number of hydrogen-bond donors (Lipinski definition) is 1. The molecule has 6 heteroatoms. The van der Waals surface area contributed by atoms with Crippen molar-refractivity contribution >= 4 is 28.9 Å². The van der Waals surface area contributed by atoms with E-state index in [2.05, 4.69) is 4.98 Å². The minimum Gasteiger partial charge on any atom is -0.462 e. The van der Waals surface area contributed by atoms with Crippen molar-refractivity contribution in [2.45, 2.75) is 20.8 Å². The number of ether oxygens (including phenoxy) is 1. The lowest BCUT2D eigenvalue weighted by Gasteiger charge is -2.04. The van der Waals surface area contributed by atoms with Crippen LogP contribution in [0.15, 0.2) is 29.6 Å². The number of aromatic amines is 1. The Bertz CT molecular complexity index is 898. The summed E-state index contributed by atoms with van der Waals surface area (Å²) in [6, 6.07) is 7.58. The van der Waals surface area contributed by atoms with Gasteiger partial charge in [-0.05, 0) is 32.9 Å². The average molecular weight is 361 g/mol. The molecule has 124 valence electrons. The van der Waals surface area contributed by atoms with Gasteiger partial charge in [0.2, 0.25) is 0 Å². The Morgan fingerprint density at radius 3 is 2.83 bits per heavy atom. The molecule has 0 aliphatic heterocycles. The summed E-state index contributed by atoms with van der Waals surface area (Å²) in [6.45, 7) is 5.94. The molecule has 0 aliphatic rings. The Labute approximate surface area is 149 Å². The van der Waals surface area contributed by atoms with Crippen molar-refractivity contribution in [1.29, 1.82) is 0 Å². The van der Waals surface area contributed by atoms with E-state index in [0.717, 1.165) is 33.2 Å². The van der Waals surface area contributed by atoms with Gasteiger partial charge < -0.3 is 9.72 Å². The molecule has 0 atom stereocenters. The molecule has 4 nitrogen and oxygen atoms in total. The van der Waals surface area contributed by atoms with E-state index in [9.17, 15) is 4.79 Å². The Hall–Kier alpha value is -2.11. The molecule has 3 aromatic rings. The maximum Gasteiger partial charge on any atom is 0.340 e. The third-order valence-corrected chi connectivity index (χ3v) is 4.81. The molecule has 0 spiro atoms. The van der Waals surface area contributed by atoms with E-state index in [0.29, 0.717) is 17.2 Å². The number of carbonyl (C=O) groups excluding carboxylic acids is 1. The summed E-state index contributed by atoms with van der Waals surface area (Å²) in [5.74, 6) is -0.327. The number of rotatable bonds is 4. The highest BCUT2D eigenvalue weighted by Gasteiger charge is 2.23. The molecule has 0 radical (unpaired) electrons. The van der Waals surface area contributed by atoms with Crippen molar-refractivity contribution in [3.05, 3.63) is 51.6 Å². The first-order valence-electron chi connectivity index (χ1n) is 7.59. The molecule has 1 N–H and O–H groups in total. The second kappa shape index (κ2) is 6.79. The normalized spacial score (nSPS) is 10.8. The van der Waals surface area contributed by atoms with E-state index in [-0.39, 0.29) is 5.97 Å². The third-order valence-electron chi connectivity index (χ3n) is 3.69. The molecule has 0 saturated heterocycles. The first-order valence-corrected chi connectivity index (χ1v) is 8.85. The highest BCUT2D eigenvalue weighted by atomic mass is 35.5. The van der Waals surface area contributed by atoms with Gasteiger partial charge in [-0.2, -0.15) is 0 Å². The van der Waals surface area contributed by atoms with Gasteiger partial charge in [0, 0.05) is 32.9 Å². The zero-order valence-electron chi connectivity index (χ0n) is 13.6. The number of aryl methyl sites for hydroxylation is 2. The quantitative estimate of drug-likeness (QED) is 0.646. The lowest BCUT2D eigenvalue weighted by Crippen LogP contribution is -2.06. The number of nitrogens with zero attached hydrogens (tertiary/aromatic N) is 1. The SMILES string of the molecule is CCOC(=O)c1c(C)[nH]c(C)c1-c1csc(-c2cccc(Cl)c2)n1. The monoisotopic (exact) mass is 360 g/mol. The molecular formula is C18H17ClN2O2S.